The van der Waals surface area contributed by atoms with Crippen LogP contribution < -0.4 is 0 Å². The first-order valence-electron chi connectivity index (χ1n) is 19.9. The van der Waals surface area contributed by atoms with Crippen molar-refractivity contribution in [1.82, 2.24) is 4.90 Å². The summed E-state index contributed by atoms with van der Waals surface area (Å²) in [7, 11) is 0. The van der Waals surface area contributed by atoms with Crippen LogP contribution in [-0.4, -0.2) is 52.3 Å². The summed E-state index contributed by atoms with van der Waals surface area (Å²) in [6.45, 7) is 2.40. The van der Waals surface area contributed by atoms with Gasteiger partial charge in [0.2, 0.25) is 11.2 Å². The summed E-state index contributed by atoms with van der Waals surface area (Å²) in [6.07, 6.45) is 0. The number of hydrogen-bond donors (Lipinski definition) is 0. The smallest absolute Gasteiger partial charge is 0.366 e. The topological polar surface area (TPSA) is 77.2 Å². The number of rotatable bonds is 7. The minimum Gasteiger partial charge on any atom is -0.423 e. The molecule has 1 unspecified atom stereocenters. The Kier molecular flexibility index (Phi) is 11.1. The van der Waals surface area contributed by atoms with E-state index in [-0.39, 0.29) is 25.0 Å². The van der Waals surface area contributed by atoms with Gasteiger partial charge in [-0.1, -0.05) is 158 Å². The molecular formula is C48H33Cl7N4O4. The lowest BCUT2D eigenvalue weighted by molar-refractivity contribution is -0.383. The lowest BCUT2D eigenvalue weighted by atomic mass is 9.60. The lowest BCUT2D eigenvalue weighted by Gasteiger charge is -2.58. The Morgan fingerprint density at radius 3 is 1.38 bits per heavy atom. The van der Waals surface area contributed by atoms with Crippen molar-refractivity contribution in [2.24, 2.45) is 15.5 Å². The molecule has 6 aromatic carbocycles. The average molecular weight is 978 g/mol. The minimum absolute atomic E-state index is 0.138. The van der Waals surface area contributed by atoms with E-state index in [2.05, 4.69) is 24.0 Å². The fourth-order valence-electron chi connectivity index (χ4n) is 9.35. The Labute approximate surface area is 398 Å². The Morgan fingerprint density at radius 2 is 0.937 bits per heavy atom. The molecule has 0 radical (unpaired) electrons. The third-order valence-electron chi connectivity index (χ3n) is 12.3. The monoisotopic (exact) mass is 974 g/mol. The molecule has 4 heterocycles. The van der Waals surface area contributed by atoms with Gasteiger partial charge in [-0.3, -0.25) is 4.90 Å². The molecule has 0 saturated carbocycles. The van der Waals surface area contributed by atoms with Gasteiger partial charge in [-0.15, -0.1) is 0 Å². The number of hydrogen-bond acceptors (Lipinski definition) is 8. The molecule has 8 nitrogen and oxygen atoms in total. The third kappa shape index (κ3) is 7.06. The molecule has 15 heteroatoms. The fraction of sp³-hybridized carbons (Fsp3) is 0.188. The van der Waals surface area contributed by atoms with E-state index in [0.29, 0.717) is 74.4 Å². The van der Waals surface area contributed by atoms with Gasteiger partial charge in [0.25, 0.3) is 5.90 Å². The molecule has 0 N–H and O–H groups in total. The highest BCUT2D eigenvalue weighted by Crippen LogP contribution is 2.64. The molecule has 6 aromatic rings. The molecule has 4 aliphatic rings. The highest BCUT2D eigenvalue weighted by Gasteiger charge is 2.86. The van der Waals surface area contributed by atoms with Crippen molar-refractivity contribution in [3.63, 3.8) is 0 Å². The molecule has 3 spiro atoms. The number of fused-ring (bicyclic) bond motifs is 2. The molecule has 0 bridgehead atoms. The van der Waals surface area contributed by atoms with Crippen LogP contribution in [-0.2, 0) is 19.2 Å². The number of oxime groups is 3. The van der Waals surface area contributed by atoms with Gasteiger partial charge in [0.1, 0.15) is 0 Å². The van der Waals surface area contributed by atoms with Gasteiger partial charge < -0.3 is 19.2 Å². The zero-order chi connectivity index (χ0) is 43.7. The van der Waals surface area contributed by atoms with E-state index in [9.17, 15) is 0 Å². The van der Waals surface area contributed by atoms with Crippen LogP contribution in [0.1, 0.15) is 58.2 Å². The van der Waals surface area contributed by atoms with Gasteiger partial charge in [-0.05, 0) is 102 Å². The Bertz CT molecular complexity index is 2690. The van der Waals surface area contributed by atoms with E-state index in [0.717, 1.165) is 5.56 Å². The molecule has 0 aliphatic carbocycles. The summed E-state index contributed by atoms with van der Waals surface area (Å²) in [5.74, 6) is -3.60. The van der Waals surface area contributed by atoms with E-state index in [1.807, 2.05) is 54.6 Å². The predicted molar refractivity (Wildman–Crippen MR) is 251 cm³/mol. The highest BCUT2D eigenvalue weighted by atomic mass is 35.5. The van der Waals surface area contributed by atoms with Crippen molar-refractivity contribution in [3.05, 3.63) is 208 Å². The number of benzene rings is 6. The Morgan fingerprint density at radius 1 is 0.508 bits per heavy atom. The van der Waals surface area contributed by atoms with E-state index >= 15 is 0 Å². The van der Waals surface area contributed by atoms with Crippen molar-refractivity contribution in [2.75, 3.05) is 13.1 Å². The second-order valence-electron chi connectivity index (χ2n) is 15.8. The van der Waals surface area contributed by atoms with Gasteiger partial charge in [-0.2, -0.15) is 0 Å². The SMILES string of the molecule is C[C@H](c1ccccc1)N1C[C@@]2(ON=C(c3ccc(Cl)cc3)[C@H]2c2ccc(Cl)cc2Cl)C2(ON=C(c3ccc(Cl)cc3)O2)[C@]2(C1)ON=C(c1ccc(Cl)cc1)[C@H]2c1ccc(Cl)cc1Cl. The number of halogens is 7. The summed E-state index contributed by atoms with van der Waals surface area (Å²) in [5, 5.41) is 17.9. The molecule has 10 rings (SSSR count). The second kappa shape index (κ2) is 16.5. The zero-order valence-corrected chi connectivity index (χ0v) is 38.3. The molecular weight excluding hydrogens is 945 g/mol. The van der Waals surface area contributed by atoms with Gasteiger partial charge in [0.15, 0.2) is 0 Å². The maximum atomic E-state index is 7.44. The van der Waals surface area contributed by atoms with Crippen LogP contribution in [0.25, 0.3) is 0 Å². The Balaban J connectivity index is 1.29. The summed E-state index contributed by atoms with van der Waals surface area (Å²) in [5.41, 5.74) is 1.93. The van der Waals surface area contributed by atoms with Gasteiger partial charge in [0.05, 0.1) is 36.3 Å². The molecule has 6 atom stereocenters. The van der Waals surface area contributed by atoms with Crippen LogP contribution in [0.3, 0.4) is 0 Å². The summed E-state index contributed by atoms with van der Waals surface area (Å²) in [6, 6.07) is 42.4. The maximum absolute atomic E-state index is 7.44. The first-order valence-corrected chi connectivity index (χ1v) is 22.5. The van der Waals surface area contributed by atoms with Gasteiger partial charge in [0, 0.05) is 57.9 Å². The van der Waals surface area contributed by atoms with Crippen molar-refractivity contribution < 1.29 is 19.2 Å². The van der Waals surface area contributed by atoms with E-state index in [1.165, 1.54) is 0 Å². The first-order chi connectivity index (χ1) is 30.4. The van der Waals surface area contributed by atoms with Crippen molar-refractivity contribution in [3.8, 4) is 0 Å². The lowest BCUT2D eigenvalue weighted by Crippen LogP contribution is -2.81. The van der Waals surface area contributed by atoms with E-state index < -0.39 is 28.8 Å². The summed E-state index contributed by atoms with van der Waals surface area (Å²) >= 11 is 47.2. The van der Waals surface area contributed by atoms with E-state index in [1.54, 1.807) is 72.8 Å². The molecule has 4 aliphatic heterocycles. The number of nitrogens with zero attached hydrogens (tertiary/aromatic N) is 4. The van der Waals surface area contributed by atoms with Gasteiger partial charge >= 0.3 is 5.79 Å². The van der Waals surface area contributed by atoms with E-state index in [4.69, 9.17) is 116 Å². The van der Waals surface area contributed by atoms with Crippen LogP contribution >= 0.6 is 81.2 Å². The van der Waals surface area contributed by atoms with Crippen molar-refractivity contribution in [2.45, 2.75) is 41.8 Å². The van der Waals surface area contributed by atoms with Crippen molar-refractivity contribution >= 4 is 98.5 Å². The van der Waals surface area contributed by atoms with Crippen LogP contribution in [0.5, 0.6) is 0 Å². The molecule has 0 amide bonds. The quantitative estimate of drug-likeness (QED) is 0.159. The maximum Gasteiger partial charge on any atom is 0.366 e. The molecule has 1 fully saturated rings. The number of ether oxygens (including phenoxy) is 1. The first kappa shape index (κ1) is 42.5. The molecule has 63 heavy (non-hydrogen) atoms. The highest BCUT2D eigenvalue weighted by molar-refractivity contribution is 6.36. The molecule has 0 aromatic heterocycles. The number of piperidine rings is 1. The minimum atomic E-state index is -2.04. The normalized spacial score (nSPS) is 25.6. The average Bonchev–Trinajstić information content (AvgIpc) is 4.00. The van der Waals surface area contributed by atoms with Crippen molar-refractivity contribution in [1.29, 1.82) is 0 Å². The second-order valence-corrected chi connectivity index (χ2v) is 18.8. The third-order valence-corrected chi connectivity index (χ3v) is 14.2. The standard InChI is InChI=1S/C48H33Cl7N4O4/c1-27(28-5-3-2-4-6-28)59-25-46(41(37-21-19-35(52)23-39(37)54)43(56-61-46)29-7-13-32(49)14-8-29)48(60-45(58-63-48)31-11-17-34(51)18-12-31)47(26-59)42(38-22-20-36(53)24-40(38)55)44(57-62-47)30-9-15-33(50)16-10-30/h2-24,27,41-42H,25-26H2,1H3/t27-,41-,42-,46-,47+,48?/m1/s1. The van der Waals surface area contributed by atoms with Crippen LogP contribution in [0, 0.1) is 0 Å². The largest absolute Gasteiger partial charge is 0.423 e. The van der Waals surface area contributed by atoms with Crippen LogP contribution in [0.15, 0.2) is 155 Å². The predicted octanol–water partition coefficient (Wildman–Crippen LogP) is 13.7. The summed E-state index contributed by atoms with van der Waals surface area (Å²) in [4.78, 5) is 23.6. The zero-order valence-electron chi connectivity index (χ0n) is 33.0. The van der Waals surface area contributed by atoms with Crippen LogP contribution in [0.2, 0.25) is 35.2 Å². The van der Waals surface area contributed by atoms with Gasteiger partial charge in [-0.25, -0.2) is 0 Å². The number of likely N-dealkylation sites (tertiary alicyclic amines) is 1. The molecule has 318 valence electrons. The Hall–Kier alpha value is -4.48. The molecule has 1 saturated heterocycles. The summed E-state index contributed by atoms with van der Waals surface area (Å²) < 4.78 is 7.44. The van der Waals surface area contributed by atoms with Crippen LogP contribution in [0.4, 0.5) is 0 Å². The fourth-order valence-corrected chi connectivity index (χ4v) is 10.8.